The fourth-order valence-corrected chi connectivity index (χ4v) is 1.83. The van der Waals surface area contributed by atoms with Gasteiger partial charge in [-0.15, -0.1) is 0 Å². The highest BCUT2D eigenvalue weighted by atomic mass is 16.2. The Morgan fingerprint density at radius 2 is 2.29 bits per heavy atom. The van der Waals surface area contributed by atoms with Crippen molar-refractivity contribution >= 4 is 5.91 Å². The number of fused-ring (bicyclic) bond motifs is 1. The van der Waals surface area contributed by atoms with Crippen LogP contribution in [0.25, 0.3) is 0 Å². The van der Waals surface area contributed by atoms with Crippen molar-refractivity contribution in [1.29, 1.82) is 0 Å². The molecule has 0 fully saturated rings. The Hall–Kier alpha value is -1.39. The van der Waals surface area contributed by atoms with E-state index in [2.05, 4.69) is 10.7 Å². The Labute approximate surface area is 82.5 Å². The minimum atomic E-state index is -0.162. The van der Waals surface area contributed by atoms with Crippen molar-refractivity contribution in [2.24, 2.45) is 5.84 Å². The van der Waals surface area contributed by atoms with Crippen LogP contribution in [0.3, 0.4) is 0 Å². The van der Waals surface area contributed by atoms with Gasteiger partial charge in [0.25, 0.3) is 0 Å². The Kier molecular flexibility index (Phi) is 2.47. The van der Waals surface area contributed by atoms with Crippen molar-refractivity contribution in [1.82, 2.24) is 10.7 Å². The smallest absolute Gasteiger partial charge is 0.242 e. The van der Waals surface area contributed by atoms with Crippen molar-refractivity contribution < 1.29 is 4.79 Å². The average molecular weight is 191 g/mol. The first-order valence-corrected chi connectivity index (χ1v) is 4.62. The summed E-state index contributed by atoms with van der Waals surface area (Å²) in [4.78, 5) is 11.5. The predicted octanol–water partition coefficient (Wildman–Crippen LogP) is -0.137. The van der Waals surface area contributed by atoms with E-state index >= 15 is 0 Å². The molecule has 2 rings (SSSR count). The summed E-state index contributed by atoms with van der Waals surface area (Å²) < 4.78 is 0. The van der Waals surface area contributed by atoms with E-state index in [-0.39, 0.29) is 11.8 Å². The molecule has 14 heavy (non-hydrogen) atoms. The van der Waals surface area contributed by atoms with Gasteiger partial charge in [0.05, 0.1) is 5.92 Å². The summed E-state index contributed by atoms with van der Waals surface area (Å²) >= 11 is 0. The Balaban J connectivity index is 2.35. The minimum absolute atomic E-state index is 0.135. The van der Waals surface area contributed by atoms with Crippen molar-refractivity contribution in [3.8, 4) is 0 Å². The number of hydrazine groups is 1. The molecule has 1 aromatic carbocycles. The van der Waals surface area contributed by atoms with Gasteiger partial charge in [-0.1, -0.05) is 24.3 Å². The molecule has 0 aliphatic carbocycles. The quantitative estimate of drug-likeness (QED) is 0.329. The highest BCUT2D eigenvalue weighted by molar-refractivity contribution is 5.84. The summed E-state index contributed by atoms with van der Waals surface area (Å²) in [5, 5.41) is 3.19. The van der Waals surface area contributed by atoms with E-state index in [0.717, 1.165) is 12.1 Å². The van der Waals surface area contributed by atoms with Crippen LogP contribution >= 0.6 is 0 Å². The van der Waals surface area contributed by atoms with Gasteiger partial charge in [-0.2, -0.15) is 0 Å². The zero-order valence-corrected chi connectivity index (χ0v) is 7.79. The summed E-state index contributed by atoms with van der Waals surface area (Å²) in [7, 11) is 0. The van der Waals surface area contributed by atoms with Crippen LogP contribution in [0.2, 0.25) is 0 Å². The van der Waals surface area contributed by atoms with Gasteiger partial charge >= 0.3 is 0 Å². The molecular formula is C10H13N3O. The zero-order valence-electron chi connectivity index (χ0n) is 7.79. The standard InChI is InChI=1S/C10H13N3O/c11-13-10(14)9-6-12-5-7-3-1-2-4-8(7)9/h1-4,9,12H,5-6,11H2,(H,13,14). The maximum absolute atomic E-state index is 11.5. The lowest BCUT2D eigenvalue weighted by atomic mass is 9.90. The number of hydrogen-bond acceptors (Lipinski definition) is 3. The monoisotopic (exact) mass is 191 g/mol. The molecule has 0 spiro atoms. The van der Waals surface area contributed by atoms with Gasteiger partial charge < -0.3 is 5.32 Å². The van der Waals surface area contributed by atoms with Crippen LogP contribution in [0.4, 0.5) is 0 Å². The molecule has 1 heterocycles. The van der Waals surface area contributed by atoms with Crippen LogP contribution in [0.15, 0.2) is 24.3 Å². The van der Waals surface area contributed by atoms with E-state index in [9.17, 15) is 4.79 Å². The van der Waals surface area contributed by atoms with E-state index < -0.39 is 0 Å². The molecule has 1 aromatic rings. The molecule has 0 saturated heterocycles. The fraction of sp³-hybridized carbons (Fsp3) is 0.300. The molecule has 0 aromatic heterocycles. The molecule has 1 atom stereocenters. The molecule has 74 valence electrons. The second-order valence-electron chi connectivity index (χ2n) is 3.39. The van der Waals surface area contributed by atoms with E-state index in [1.807, 2.05) is 24.3 Å². The topological polar surface area (TPSA) is 67.1 Å². The number of rotatable bonds is 1. The van der Waals surface area contributed by atoms with Crippen LogP contribution in [-0.4, -0.2) is 12.5 Å². The lowest BCUT2D eigenvalue weighted by molar-refractivity contribution is -0.122. The second kappa shape index (κ2) is 3.77. The molecule has 4 nitrogen and oxygen atoms in total. The van der Waals surface area contributed by atoms with Gasteiger partial charge in [0, 0.05) is 13.1 Å². The van der Waals surface area contributed by atoms with Crippen LogP contribution in [-0.2, 0) is 11.3 Å². The van der Waals surface area contributed by atoms with Crippen LogP contribution < -0.4 is 16.6 Å². The largest absolute Gasteiger partial charge is 0.312 e. The van der Waals surface area contributed by atoms with Crippen molar-refractivity contribution in [3.05, 3.63) is 35.4 Å². The Morgan fingerprint density at radius 1 is 1.50 bits per heavy atom. The Bertz CT molecular complexity index is 351. The lowest BCUT2D eigenvalue weighted by Crippen LogP contribution is -2.41. The SMILES string of the molecule is NNC(=O)C1CNCc2ccccc21. The van der Waals surface area contributed by atoms with Crippen LogP contribution in [0, 0.1) is 0 Å². The number of nitrogens with two attached hydrogens (primary N) is 1. The zero-order chi connectivity index (χ0) is 9.97. The summed E-state index contributed by atoms with van der Waals surface area (Å²) in [6.07, 6.45) is 0. The third-order valence-electron chi connectivity index (χ3n) is 2.55. The van der Waals surface area contributed by atoms with Crippen molar-refractivity contribution in [2.75, 3.05) is 6.54 Å². The molecule has 0 radical (unpaired) electrons. The van der Waals surface area contributed by atoms with Crippen LogP contribution in [0.5, 0.6) is 0 Å². The number of carbonyl (C=O) groups excluding carboxylic acids is 1. The van der Waals surface area contributed by atoms with Gasteiger partial charge in [-0.05, 0) is 11.1 Å². The fourth-order valence-electron chi connectivity index (χ4n) is 1.83. The highest BCUT2D eigenvalue weighted by Crippen LogP contribution is 2.23. The molecule has 4 heteroatoms. The number of hydrogen-bond donors (Lipinski definition) is 3. The molecular weight excluding hydrogens is 178 g/mol. The van der Waals surface area contributed by atoms with E-state index in [4.69, 9.17) is 5.84 Å². The molecule has 1 aliphatic heterocycles. The van der Waals surface area contributed by atoms with Gasteiger partial charge in [0.1, 0.15) is 0 Å². The third-order valence-corrected chi connectivity index (χ3v) is 2.55. The highest BCUT2D eigenvalue weighted by Gasteiger charge is 2.24. The number of amides is 1. The first-order valence-electron chi connectivity index (χ1n) is 4.62. The van der Waals surface area contributed by atoms with E-state index in [0.29, 0.717) is 6.54 Å². The van der Waals surface area contributed by atoms with Gasteiger partial charge in [-0.3, -0.25) is 10.2 Å². The summed E-state index contributed by atoms with van der Waals surface area (Å²) in [5.74, 6) is 4.84. The molecule has 4 N–H and O–H groups in total. The third kappa shape index (κ3) is 1.49. The maximum atomic E-state index is 11.5. The Morgan fingerprint density at radius 3 is 3.07 bits per heavy atom. The minimum Gasteiger partial charge on any atom is -0.312 e. The van der Waals surface area contributed by atoms with Crippen molar-refractivity contribution in [3.63, 3.8) is 0 Å². The molecule has 0 saturated carbocycles. The molecule has 1 amide bonds. The summed E-state index contributed by atoms with van der Waals surface area (Å²) in [5.41, 5.74) is 4.45. The molecule has 1 unspecified atom stereocenters. The summed E-state index contributed by atoms with van der Waals surface area (Å²) in [6, 6.07) is 7.93. The van der Waals surface area contributed by atoms with Gasteiger partial charge in [-0.25, -0.2) is 5.84 Å². The molecule has 1 aliphatic rings. The average Bonchev–Trinajstić information content (AvgIpc) is 2.27. The maximum Gasteiger partial charge on any atom is 0.242 e. The van der Waals surface area contributed by atoms with Crippen LogP contribution in [0.1, 0.15) is 17.0 Å². The summed E-state index contributed by atoms with van der Waals surface area (Å²) in [6.45, 7) is 1.48. The van der Waals surface area contributed by atoms with Gasteiger partial charge in [0.2, 0.25) is 5.91 Å². The normalized spacial score (nSPS) is 19.9. The molecule has 0 bridgehead atoms. The predicted molar refractivity (Wildman–Crippen MR) is 53.2 cm³/mol. The lowest BCUT2D eigenvalue weighted by Gasteiger charge is -2.24. The number of carbonyl (C=O) groups is 1. The number of nitrogens with one attached hydrogen (secondary N) is 2. The number of benzene rings is 1. The van der Waals surface area contributed by atoms with Gasteiger partial charge in [0.15, 0.2) is 0 Å². The first-order chi connectivity index (χ1) is 6.83. The second-order valence-corrected chi connectivity index (χ2v) is 3.39. The van der Waals surface area contributed by atoms with E-state index in [1.165, 1.54) is 5.56 Å². The first kappa shape index (κ1) is 9.18. The van der Waals surface area contributed by atoms with Crippen molar-refractivity contribution in [2.45, 2.75) is 12.5 Å². The van der Waals surface area contributed by atoms with E-state index in [1.54, 1.807) is 0 Å².